The van der Waals surface area contributed by atoms with Crippen molar-refractivity contribution in [2.45, 2.75) is 19.8 Å². The number of amides is 2. The SMILES string of the molecule is Cc1cc(-c2ccc(NC(=O)C(C)c3cccc(-c4ccc(C(=O)N(C)C)cc4)c3)cc2)ccn1. The molecule has 1 unspecified atom stereocenters. The van der Waals surface area contributed by atoms with Crippen LogP contribution in [0, 0.1) is 6.92 Å². The fourth-order valence-corrected chi connectivity index (χ4v) is 3.92. The van der Waals surface area contributed by atoms with Gasteiger partial charge in [0, 0.05) is 37.2 Å². The summed E-state index contributed by atoms with van der Waals surface area (Å²) >= 11 is 0. The van der Waals surface area contributed by atoms with Gasteiger partial charge in [-0.05, 0) is 78.1 Å². The molecule has 0 bridgehead atoms. The fraction of sp³-hybridized carbons (Fsp3) is 0.167. The molecule has 176 valence electrons. The molecule has 0 saturated carbocycles. The molecule has 0 fully saturated rings. The summed E-state index contributed by atoms with van der Waals surface area (Å²) in [6.07, 6.45) is 1.80. The maximum absolute atomic E-state index is 13.0. The molecule has 4 aromatic rings. The summed E-state index contributed by atoms with van der Waals surface area (Å²) in [6.45, 7) is 3.87. The summed E-state index contributed by atoms with van der Waals surface area (Å²) in [7, 11) is 3.48. The number of rotatable bonds is 6. The van der Waals surface area contributed by atoms with E-state index in [2.05, 4.69) is 10.3 Å². The number of benzene rings is 3. The molecule has 1 atom stereocenters. The van der Waals surface area contributed by atoms with Gasteiger partial charge in [-0.2, -0.15) is 0 Å². The second-order valence-electron chi connectivity index (χ2n) is 8.88. The molecule has 1 N–H and O–H groups in total. The Morgan fingerprint density at radius 1 is 0.800 bits per heavy atom. The molecule has 3 aromatic carbocycles. The highest BCUT2D eigenvalue weighted by Crippen LogP contribution is 2.27. The predicted molar refractivity (Wildman–Crippen MR) is 141 cm³/mol. The first-order valence-corrected chi connectivity index (χ1v) is 11.6. The average Bonchev–Trinajstić information content (AvgIpc) is 2.88. The van der Waals surface area contributed by atoms with Crippen molar-refractivity contribution in [2.75, 3.05) is 19.4 Å². The number of carbonyl (C=O) groups is 2. The van der Waals surface area contributed by atoms with Crippen molar-refractivity contribution in [3.8, 4) is 22.3 Å². The molecule has 5 heteroatoms. The predicted octanol–water partition coefficient (Wildman–Crippen LogP) is 6.17. The van der Waals surface area contributed by atoms with Crippen molar-refractivity contribution < 1.29 is 9.59 Å². The van der Waals surface area contributed by atoms with Crippen LogP contribution < -0.4 is 5.32 Å². The van der Waals surface area contributed by atoms with Gasteiger partial charge in [0.15, 0.2) is 0 Å². The van der Waals surface area contributed by atoms with Gasteiger partial charge in [0.25, 0.3) is 5.91 Å². The van der Waals surface area contributed by atoms with E-state index < -0.39 is 0 Å². The molecular weight excluding hydrogens is 434 g/mol. The Kier molecular flexibility index (Phi) is 7.06. The highest BCUT2D eigenvalue weighted by atomic mass is 16.2. The highest BCUT2D eigenvalue weighted by molar-refractivity contribution is 5.96. The molecule has 0 saturated heterocycles. The third-order valence-corrected chi connectivity index (χ3v) is 6.03. The number of pyridine rings is 1. The van der Waals surface area contributed by atoms with Crippen LogP contribution in [-0.4, -0.2) is 35.8 Å². The van der Waals surface area contributed by atoms with Crippen LogP contribution >= 0.6 is 0 Å². The van der Waals surface area contributed by atoms with Gasteiger partial charge >= 0.3 is 0 Å². The Balaban J connectivity index is 1.46. The Morgan fingerprint density at radius 2 is 1.43 bits per heavy atom. The van der Waals surface area contributed by atoms with Crippen molar-refractivity contribution in [1.82, 2.24) is 9.88 Å². The first-order valence-electron chi connectivity index (χ1n) is 11.6. The Hall–Kier alpha value is -4.25. The summed E-state index contributed by atoms with van der Waals surface area (Å²) in [5, 5.41) is 3.03. The minimum Gasteiger partial charge on any atom is -0.345 e. The van der Waals surface area contributed by atoms with E-state index in [1.807, 2.05) is 98.8 Å². The van der Waals surface area contributed by atoms with Gasteiger partial charge in [0.2, 0.25) is 5.91 Å². The van der Waals surface area contributed by atoms with Crippen molar-refractivity contribution >= 4 is 17.5 Å². The maximum atomic E-state index is 13.0. The van der Waals surface area contributed by atoms with E-state index in [9.17, 15) is 9.59 Å². The summed E-state index contributed by atoms with van der Waals surface area (Å²) in [5.74, 6) is -0.423. The monoisotopic (exact) mass is 463 g/mol. The van der Waals surface area contributed by atoms with E-state index in [0.717, 1.165) is 39.2 Å². The van der Waals surface area contributed by atoms with Crippen molar-refractivity contribution in [2.24, 2.45) is 0 Å². The molecule has 0 aliphatic heterocycles. The normalized spacial score (nSPS) is 11.5. The summed E-state index contributed by atoms with van der Waals surface area (Å²) < 4.78 is 0. The number of carbonyl (C=O) groups excluding carboxylic acids is 2. The van der Waals surface area contributed by atoms with Crippen LogP contribution in [0.3, 0.4) is 0 Å². The number of hydrogen-bond donors (Lipinski definition) is 1. The number of nitrogens with zero attached hydrogens (tertiary/aromatic N) is 2. The van der Waals surface area contributed by atoms with Crippen LogP contribution in [0.1, 0.15) is 34.5 Å². The second-order valence-corrected chi connectivity index (χ2v) is 8.88. The average molecular weight is 464 g/mol. The standard InChI is InChI=1S/C30H29N3O2/c1-20-18-27(16-17-31-20)23-12-14-28(15-13-23)32-29(34)21(2)25-6-5-7-26(19-25)22-8-10-24(11-9-22)30(35)33(3)4/h5-19,21H,1-4H3,(H,32,34). The van der Waals surface area contributed by atoms with Gasteiger partial charge in [-0.25, -0.2) is 0 Å². The fourth-order valence-electron chi connectivity index (χ4n) is 3.92. The third-order valence-electron chi connectivity index (χ3n) is 6.03. The lowest BCUT2D eigenvalue weighted by atomic mass is 9.95. The Bertz CT molecular complexity index is 1340. The van der Waals surface area contributed by atoms with E-state index >= 15 is 0 Å². The first kappa shape index (κ1) is 23.9. The van der Waals surface area contributed by atoms with Gasteiger partial charge in [-0.1, -0.05) is 48.5 Å². The van der Waals surface area contributed by atoms with Gasteiger partial charge < -0.3 is 10.2 Å². The summed E-state index contributed by atoms with van der Waals surface area (Å²) in [6, 6.07) is 27.4. The lowest BCUT2D eigenvalue weighted by molar-refractivity contribution is -0.117. The Labute approximate surface area is 206 Å². The van der Waals surface area contributed by atoms with Crippen molar-refractivity contribution in [3.63, 3.8) is 0 Å². The molecule has 1 aromatic heterocycles. The van der Waals surface area contributed by atoms with Crippen LogP contribution in [0.4, 0.5) is 5.69 Å². The topological polar surface area (TPSA) is 62.3 Å². The molecule has 0 aliphatic rings. The maximum Gasteiger partial charge on any atom is 0.253 e. The van der Waals surface area contributed by atoms with E-state index in [0.29, 0.717) is 5.56 Å². The molecule has 5 nitrogen and oxygen atoms in total. The van der Waals surface area contributed by atoms with E-state index in [-0.39, 0.29) is 17.7 Å². The van der Waals surface area contributed by atoms with Crippen LogP contribution in [0.5, 0.6) is 0 Å². The van der Waals surface area contributed by atoms with E-state index in [1.165, 1.54) is 0 Å². The molecule has 2 amide bonds. The number of hydrogen-bond acceptors (Lipinski definition) is 3. The molecule has 0 spiro atoms. The highest BCUT2D eigenvalue weighted by Gasteiger charge is 2.16. The lowest BCUT2D eigenvalue weighted by Crippen LogP contribution is -2.21. The summed E-state index contributed by atoms with van der Waals surface area (Å²) in [5.41, 5.74) is 7.47. The third kappa shape index (κ3) is 5.64. The van der Waals surface area contributed by atoms with Crippen LogP contribution in [0.25, 0.3) is 22.3 Å². The Morgan fingerprint density at radius 3 is 2.06 bits per heavy atom. The zero-order valence-corrected chi connectivity index (χ0v) is 20.4. The zero-order valence-electron chi connectivity index (χ0n) is 20.4. The first-order chi connectivity index (χ1) is 16.8. The van der Waals surface area contributed by atoms with Gasteiger partial charge in [0.1, 0.15) is 0 Å². The smallest absolute Gasteiger partial charge is 0.253 e. The zero-order chi connectivity index (χ0) is 24.9. The number of aromatic nitrogens is 1. The molecular formula is C30H29N3O2. The van der Waals surface area contributed by atoms with Crippen molar-refractivity contribution in [1.29, 1.82) is 0 Å². The molecule has 0 radical (unpaired) electrons. The number of nitrogens with one attached hydrogen (secondary N) is 1. The molecule has 35 heavy (non-hydrogen) atoms. The summed E-state index contributed by atoms with van der Waals surface area (Å²) in [4.78, 5) is 30.9. The van der Waals surface area contributed by atoms with Gasteiger partial charge in [-0.3, -0.25) is 14.6 Å². The molecule has 0 aliphatic carbocycles. The van der Waals surface area contributed by atoms with E-state index in [4.69, 9.17) is 0 Å². The number of anilines is 1. The number of aryl methyl sites for hydroxylation is 1. The molecule has 4 rings (SSSR count). The van der Waals surface area contributed by atoms with Gasteiger partial charge in [-0.15, -0.1) is 0 Å². The van der Waals surface area contributed by atoms with Gasteiger partial charge in [0.05, 0.1) is 5.92 Å². The van der Waals surface area contributed by atoms with Crippen LogP contribution in [-0.2, 0) is 4.79 Å². The van der Waals surface area contributed by atoms with Crippen LogP contribution in [0.2, 0.25) is 0 Å². The lowest BCUT2D eigenvalue weighted by Gasteiger charge is -2.15. The largest absolute Gasteiger partial charge is 0.345 e. The quantitative estimate of drug-likeness (QED) is 0.372. The second kappa shape index (κ2) is 10.3. The van der Waals surface area contributed by atoms with E-state index in [1.54, 1.807) is 25.2 Å². The minimum atomic E-state index is -0.327. The molecule has 1 heterocycles. The van der Waals surface area contributed by atoms with Crippen LogP contribution in [0.15, 0.2) is 91.1 Å². The van der Waals surface area contributed by atoms with Crippen molar-refractivity contribution in [3.05, 3.63) is 108 Å². The minimum absolute atomic E-state index is 0.0282.